The van der Waals surface area contributed by atoms with E-state index in [1.807, 2.05) is 13.1 Å². The lowest BCUT2D eigenvalue weighted by atomic mass is 10.1. The van der Waals surface area contributed by atoms with Gasteiger partial charge in [0.25, 0.3) is 0 Å². The Bertz CT molecular complexity index is 318. The highest BCUT2D eigenvalue weighted by Crippen LogP contribution is 2.11. The van der Waals surface area contributed by atoms with E-state index in [1.165, 1.54) is 5.56 Å². The van der Waals surface area contributed by atoms with E-state index in [0.29, 0.717) is 6.61 Å². The number of rotatable bonds is 5. The van der Waals surface area contributed by atoms with Crippen LogP contribution in [0.1, 0.15) is 33.3 Å². The monoisotopic (exact) mass is 222 g/mol. The van der Waals surface area contributed by atoms with Crippen LogP contribution in [-0.4, -0.2) is 23.7 Å². The Morgan fingerprint density at radius 3 is 2.69 bits per heavy atom. The summed E-state index contributed by atoms with van der Waals surface area (Å²) in [5, 5.41) is 3.45. The fraction of sp³-hybridized carbons (Fsp3) is 0.615. The minimum atomic E-state index is 0.172. The van der Waals surface area contributed by atoms with Gasteiger partial charge in [-0.05, 0) is 52.3 Å². The zero-order chi connectivity index (χ0) is 12.0. The first-order chi connectivity index (χ1) is 7.51. The molecule has 16 heavy (non-hydrogen) atoms. The number of ether oxygens (including phenoxy) is 1. The Morgan fingerprint density at radius 1 is 1.31 bits per heavy atom. The van der Waals surface area contributed by atoms with Gasteiger partial charge in [-0.1, -0.05) is 0 Å². The van der Waals surface area contributed by atoms with Gasteiger partial charge in [-0.15, -0.1) is 0 Å². The Balaban J connectivity index is 2.44. The van der Waals surface area contributed by atoms with Crippen LogP contribution in [0, 0.1) is 0 Å². The van der Waals surface area contributed by atoms with Gasteiger partial charge in [-0.25, -0.2) is 0 Å². The summed E-state index contributed by atoms with van der Waals surface area (Å²) in [5.74, 6) is 0.857. The lowest BCUT2D eigenvalue weighted by Crippen LogP contribution is -2.37. The van der Waals surface area contributed by atoms with Gasteiger partial charge in [0.15, 0.2) is 0 Å². The summed E-state index contributed by atoms with van der Waals surface area (Å²) in [6.07, 6.45) is 4.63. The average Bonchev–Trinajstić information content (AvgIpc) is 2.17. The summed E-state index contributed by atoms with van der Waals surface area (Å²) in [6, 6.07) is 2.06. The summed E-state index contributed by atoms with van der Waals surface area (Å²) in [5.41, 5.74) is 1.38. The molecular weight excluding hydrogens is 200 g/mol. The van der Waals surface area contributed by atoms with Crippen molar-refractivity contribution in [1.29, 1.82) is 0 Å². The number of nitrogens with one attached hydrogen (secondary N) is 1. The van der Waals surface area contributed by atoms with Crippen molar-refractivity contribution in [1.82, 2.24) is 10.3 Å². The quantitative estimate of drug-likeness (QED) is 0.830. The van der Waals surface area contributed by atoms with Gasteiger partial charge in [0.1, 0.15) is 5.75 Å². The number of hydrogen-bond donors (Lipinski definition) is 1. The maximum Gasteiger partial charge on any atom is 0.137 e. The van der Waals surface area contributed by atoms with Crippen molar-refractivity contribution in [3.8, 4) is 5.75 Å². The molecule has 0 bridgehead atoms. The van der Waals surface area contributed by atoms with Crippen molar-refractivity contribution in [2.45, 2.75) is 39.7 Å². The fourth-order valence-corrected chi connectivity index (χ4v) is 1.43. The predicted octanol–water partition coefficient (Wildman–Crippen LogP) is 2.41. The maximum absolute atomic E-state index is 5.41. The first-order valence-electron chi connectivity index (χ1n) is 5.83. The van der Waals surface area contributed by atoms with Gasteiger partial charge in [-0.3, -0.25) is 4.98 Å². The number of aromatic nitrogens is 1. The highest BCUT2D eigenvalue weighted by molar-refractivity contribution is 5.23. The van der Waals surface area contributed by atoms with E-state index in [9.17, 15) is 0 Å². The topological polar surface area (TPSA) is 34.1 Å². The van der Waals surface area contributed by atoms with Crippen LogP contribution >= 0.6 is 0 Å². The number of hydrogen-bond acceptors (Lipinski definition) is 3. The molecule has 0 aromatic carbocycles. The molecule has 0 fully saturated rings. The third-order valence-electron chi connectivity index (χ3n) is 2.15. The van der Waals surface area contributed by atoms with Gasteiger partial charge in [-0.2, -0.15) is 0 Å². The summed E-state index contributed by atoms with van der Waals surface area (Å²) in [4.78, 5) is 4.17. The van der Waals surface area contributed by atoms with Crippen molar-refractivity contribution in [2.75, 3.05) is 13.2 Å². The molecule has 3 heteroatoms. The van der Waals surface area contributed by atoms with E-state index in [2.05, 4.69) is 37.1 Å². The van der Waals surface area contributed by atoms with Crippen LogP contribution in [-0.2, 0) is 6.42 Å². The first kappa shape index (κ1) is 13.0. The molecule has 90 valence electrons. The average molecular weight is 222 g/mol. The van der Waals surface area contributed by atoms with Crippen LogP contribution in [0.3, 0.4) is 0 Å². The molecule has 0 aliphatic carbocycles. The second kappa shape index (κ2) is 5.85. The molecule has 1 aromatic heterocycles. The molecule has 1 N–H and O–H groups in total. The van der Waals surface area contributed by atoms with Gasteiger partial charge in [0.05, 0.1) is 12.8 Å². The van der Waals surface area contributed by atoms with Crippen LogP contribution in [0.25, 0.3) is 0 Å². The van der Waals surface area contributed by atoms with Crippen LogP contribution in [0.15, 0.2) is 18.5 Å². The third kappa shape index (κ3) is 5.12. The highest BCUT2D eigenvalue weighted by atomic mass is 16.5. The van der Waals surface area contributed by atoms with E-state index in [-0.39, 0.29) is 5.54 Å². The van der Waals surface area contributed by atoms with Crippen LogP contribution in [0.2, 0.25) is 0 Å². The Labute approximate surface area is 98.2 Å². The Hall–Kier alpha value is -1.09. The second-order valence-corrected chi connectivity index (χ2v) is 4.89. The zero-order valence-corrected chi connectivity index (χ0v) is 10.7. The summed E-state index contributed by atoms with van der Waals surface area (Å²) < 4.78 is 5.41. The summed E-state index contributed by atoms with van der Waals surface area (Å²) in [7, 11) is 0. The van der Waals surface area contributed by atoms with E-state index < -0.39 is 0 Å². The van der Waals surface area contributed by atoms with E-state index in [4.69, 9.17) is 4.74 Å². The van der Waals surface area contributed by atoms with Gasteiger partial charge >= 0.3 is 0 Å². The van der Waals surface area contributed by atoms with Crippen molar-refractivity contribution >= 4 is 0 Å². The highest BCUT2D eigenvalue weighted by Gasteiger charge is 2.07. The van der Waals surface area contributed by atoms with Crippen molar-refractivity contribution in [2.24, 2.45) is 0 Å². The van der Waals surface area contributed by atoms with Crippen LogP contribution in [0.5, 0.6) is 5.75 Å². The van der Waals surface area contributed by atoms with Crippen LogP contribution in [0.4, 0.5) is 0 Å². The van der Waals surface area contributed by atoms with Gasteiger partial charge in [0.2, 0.25) is 0 Å². The van der Waals surface area contributed by atoms with E-state index in [1.54, 1.807) is 6.20 Å². The van der Waals surface area contributed by atoms with Gasteiger partial charge < -0.3 is 10.1 Å². The third-order valence-corrected chi connectivity index (χ3v) is 2.15. The lowest BCUT2D eigenvalue weighted by molar-refractivity contribution is 0.338. The van der Waals surface area contributed by atoms with E-state index in [0.717, 1.165) is 18.7 Å². The predicted molar refractivity (Wildman–Crippen MR) is 66.9 cm³/mol. The molecule has 0 saturated heterocycles. The zero-order valence-electron chi connectivity index (χ0n) is 10.7. The SMILES string of the molecule is CCOc1cncc(CCNC(C)(C)C)c1. The molecule has 1 aromatic rings. The molecule has 1 rings (SSSR count). The molecule has 0 saturated carbocycles. The minimum Gasteiger partial charge on any atom is -0.492 e. The molecule has 0 aliphatic rings. The molecular formula is C13H22N2O. The molecule has 0 aliphatic heterocycles. The maximum atomic E-state index is 5.41. The molecule has 0 radical (unpaired) electrons. The summed E-state index contributed by atoms with van der Waals surface area (Å²) in [6.45, 7) is 10.1. The molecule has 0 amide bonds. The molecule has 0 spiro atoms. The Kier molecular flexibility index (Phi) is 4.74. The molecule has 3 nitrogen and oxygen atoms in total. The molecule has 1 heterocycles. The van der Waals surface area contributed by atoms with Gasteiger partial charge in [0, 0.05) is 11.7 Å². The lowest BCUT2D eigenvalue weighted by Gasteiger charge is -2.20. The largest absolute Gasteiger partial charge is 0.492 e. The van der Waals surface area contributed by atoms with Crippen molar-refractivity contribution in [3.63, 3.8) is 0 Å². The smallest absolute Gasteiger partial charge is 0.137 e. The van der Waals surface area contributed by atoms with Crippen molar-refractivity contribution in [3.05, 3.63) is 24.0 Å². The fourth-order valence-electron chi connectivity index (χ4n) is 1.43. The molecule has 0 atom stereocenters. The molecule has 0 unspecified atom stereocenters. The number of nitrogens with zero attached hydrogens (tertiary/aromatic N) is 1. The Morgan fingerprint density at radius 2 is 2.06 bits per heavy atom. The summed E-state index contributed by atoms with van der Waals surface area (Å²) >= 11 is 0. The second-order valence-electron chi connectivity index (χ2n) is 4.89. The normalized spacial score (nSPS) is 11.5. The van der Waals surface area contributed by atoms with E-state index >= 15 is 0 Å². The minimum absolute atomic E-state index is 0.172. The first-order valence-corrected chi connectivity index (χ1v) is 5.83. The van der Waals surface area contributed by atoms with Crippen LogP contribution < -0.4 is 10.1 Å². The number of pyridine rings is 1. The standard InChI is InChI=1S/C13H22N2O/c1-5-16-12-8-11(9-14-10-12)6-7-15-13(2,3)4/h8-10,15H,5-7H2,1-4H3. The van der Waals surface area contributed by atoms with Crippen molar-refractivity contribution < 1.29 is 4.74 Å².